The Morgan fingerprint density at radius 3 is 2.47 bits per heavy atom. The number of amides is 1. The molecular weight excluding hydrogens is 240 g/mol. The number of nitrogens with two attached hydrogens (primary N) is 1. The van der Waals surface area contributed by atoms with E-state index in [4.69, 9.17) is 10.5 Å². The zero-order chi connectivity index (χ0) is 14.5. The molecule has 106 valence electrons. The lowest BCUT2D eigenvalue weighted by Gasteiger charge is -2.25. The second-order valence-electron chi connectivity index (χ2n) is 5.14. The molecule has 2 atom stereocenters. The molecule has 0 saturated carbocycles. The van der Waals surface area contributed by atoms with Gasteiger partial charge in [0.2, 0.25) is 5.91 Å². The van der Waals surface area contributed by atoms with Crippen molar-refractivity contribution in [3.8, 4) is 5.75 Å². The van der Waals surface area contributed by atoms with E-state index in [0.29, 0.717) is 6.42 Å². The van der Waals surface area contributed by atoms with Gasteiger partial charge in [0, 0.05) is 0 Å². The minimum Gasteiger partial charge on any atom is -0.497 e. The Balaban J connectivity index is 2.68. The van der Waals surface area contributed by atoms with E-state index in [-0.39, 0.29) is 11.9 Å². The maximum atomic E-state index is 12.1. The molecule has 0 spiro atoms. The van der Waals surface area contributed by atoms with E-state index < -0.39 is 5.54 Å². The molecule has 0 aliphatic rings. The highest BCUT2D eigenvalue weighted by atomic mass is 16.5. The number of rotatable bonds is 6. The van der Waals surface area contributed by atoms with Gasteiger partial charge in [0.05, 0.1) is 18.7 Å². The number of hydrogen-bond acceptors (Lipinski definition) is 3. The topological polar surface area (TPSA) is 64.4 Å². The van der Waals surface area contributed by atoms with Crippen LogP contribution in [0.15, 0.2) is 24.3 Å². The summed E-state index contributed by atoms with van der Waals surface area (Å²) in [6.07, 6.45) is 1.56. The van der Waals surface area contributed by atoms with E-state index >= 15 is 0 Å². The fourth-order valence-electron chi connectivity index (χ4n) is 1.97. The van der Waals surface area contributed by atoms with Crippen LogP contribution < -0.4 is 15.8 Å². The average Bonchev–Trinajstić information content (AvgIpc) is 2.38. The highest BCUT2D eigenvalue weighted by Crippen LogP contribution is 2.18. The summed E-state index contributed by atoms with van der Waals surface area (Å²) >= 11 is 0. The summed E-state index contributed by atoms with van der Waals surface area (Å²) in [7, 11) is 1.63. The molecule has 1 unspecified atom stereocenters. The predicted molar refractivity (Wildman–Crippen MR) is 77.1 cm³/mol. The smallest absolute Gasteiger partial charge is 0.240 e. The molecule has 0 saturated heterocycles. The normalized spacial score (nSPS) is 15.4. The predicted octanol–water partition coefficient (Wildman–Crippen LogP) is 2.39. The molecule has 4 heteroatoms. The van der Waals surface area contributed by atoms with Gasteiger partial charge in [-0.05, 0) is 38.0 Å². The Morgan fingerprint density at radius 1 is 1.42 bits per heavy atom. The van der Waals surface area contributed by atoms with Gasteiger partial charge in [0.1, 0.15) is 5.75 Å². The van der Waals surface area contributed by atoms with Crippen molar-refractivity contribution in [1.29, 1.82) is 0 Å². The summed E-state index contributed by atoms with van der Waals surface area (Å²) in [5.41, 5.74) is 6.23. The first-order valence-corrected chi connectivity index (χ1v) is 6.64. The standard InChI is InChI=1S/C15H24N2O2/c1-5-10-15(3,16)14(18)17-11(2)12-6-8-13(19-4)9-7-12/h6-9,11H,5,10,16H2,1-4H3,(H,17,18)/t11-,15?/m1/s1. The summed E-state index contributed by atoms with van der Waals surface area (Å²) in [6.45, 7) is 5.74. The summed E-state index contributed by atoms with van der Waals surface area (Å²) in [4.78, 5) is 12.1. The van der Waals surface area contributed by atoms with Crippen LogP contribution in [0.5, 0.6) is 5.75 Å². The van der Waals surface area contributed by atoms with Gasteiger partial charge in [-0.2, -0.15) is 0 Å². The van der Waals surface area contributed by atoms with Crippen molar-refractivity contribution in [3.05, 3.63) is 29.8 Å². The molecule has 1 amide bonds. The van der Waals surface area contributed by atoms with Gasteiger partial charge < -0.3 is 15.8 Å². The van der Waals surface area contributed by atoms with Gasteiger partial charge in [0.25, 0.3) is 0 Å². The maximum Gasteiger partial charge on any atom is 0.240 e. The monoisotopic (exact) mass is 264 g/mol. The molecule has 1 aromatic rings. The van der Waals surface area contributed by atoms with Crippen LogP contribution in [0.2, 0.25) is 0 Å². The van der Waals surface area contributed by atoms with Gasteiger partial charge in [-0.25, -0.2) is 0 Å². The first kappa shape index (κ1) is 15.5. The van der Waals surface area contributed by atoms with Crippen molar-refractivity contribution in [2.45, 2.75) is 45.2 Å². The van der Waals surface area contributed by atoms with E-state index in [9.17, 15) is 4.79 Å². The molecule has 1 aromatic carbocycles. The second-order valence-corrected chi connectivity index (χ2v) is 5.14. The fourth-order valence-corrected chi connectivity index (χ4v) is 1.97. The van der Waals surface area contributed by atoms with Crippen molar-refractivity contribution in [3.63, 3.8) is 0 Å². The minimum absolute atomic E-state index is 0.0712. The van der Waals surface area contributed by atoms with Crippen LogP contribution >= 0.6 is 0 Å². The van der Waals surface area contributed by atoms with Gasteiger partial charge in [-0.1, -0.05) is 25.5 Å². The van der Waals surface area contributed by atoms with Crippen LogP contribution in [-0.4, -0.2) is 18.6 Å². The van der Waals surface area contributed by atoms with Crippen LogP contribution in [0, 0.1) is 0 Å². The van der Waals surface area contributed by atoms with Gasteiger partial charge in [-0.3, -0.25) is 4.79 Å². The highest BCUT2D eigenvalue weighted by molar-refractivity contribution is 5.85. The molecule has 19 heavy (non-hydrogen) atoms. The van der Waals surface area contributed by atoms with Crippen molar-refractivity contribution >= 4 is 5.91 Å². The zero-order valence-corrected chi connectivity index (χ0v) is 12.2. The molecule has 0 bridgehead atoms. The molecule has 3 N–H and O–H groups in total. The number of methoxy groups -OCH3 is 1. The van der Waals surface area contributed by atoms with Crippen molar-refractivity contribution < 1.29 is 9.53 Å². The molecule has 0 aliphatic heterocycles. The van der Waals surface area contributed by atoms with E-state index in [2.05, 4.69) is 5.32 Å². The highest BCUT2D eigenvalue weighted by Gasteiger charge is 2.28. The molecule has 4 nitrogen and oxygen atoms in total. The summed E-state index contributed by atoms with van der Waals surface area (Å²) in [6, 6.07) is 7.57. The molecule has 1 rings (SSSR count). The van der Waals surface area contributed by atoms with Crippen LogP contribution in [0.1, 0.15) is 45.2 Å². The SMILES string of the molecule is CCCC(C)(N)C(=O)N[C@H](C)c1ccc(OC)cc1. The van der Waals surface area contributed by atoms with E-state index in [0.717, 1.165) is 17.7 Å². The van der Waals surface area contributed by atoms with E-state index in [1.54, 1.807) is 14.0 Å². The molecule has 0 heterocycles. The lowest BCUT2D eigenvalue weighted by atomic mass is 9.95. The molecular formula is C15H24N2O2. The van der Waals surface area contributed by atoms with Crippen molar-refractivity contribution in [2.24, 2.45) is 5.73 Å². The molecule has 0 radical (unpaired) electrons. The van der Waals surface area contributed by atoms with Crippen molar-refractivity contribution in [2.75, 3.05) is 7.11 Å². The number of nitrogens with one attached hydrogen (secondary N) is 1. The summed E-state index contributed by atoms with van der Waals surface area (Å²) in [5.74, 6) is 0.689. The first-order chi connectivity index (χ1) is 8.90. The van der Waals surface area contributed by atoms with Gasteiger partial charge in [-0.15, -0.1) is 0 Å². The number of ether oxygens (including phenoxy) is 1. The Kier molecular flexibility index (Phi) is 5.36. The van der Waals surface area contributed by atoms with Crippen LogP contribution in [0.25, 0.3) is 0 Å². The molecule has 0 aliphatic carbocycles. The van der Waals surface area contributed by atoms with E-state index in [1.165, 1.54) is 0 Å². The minimum atomic E-state index is -0.810. The van der Waals surface area contributed by atoms with Crippen LogP contribution in [0.3, 0.4) is 0 Å². The molecule has 0 fully saturated rings. The largest absolute Gasteiger partial charge is 0.497 e. The van der Waals surface area contributed by atoms with Gasteiger partial charge >= 0.3 is 0 Å². The Bertz CT molecular complexity index is 413. The third-order valence-corrected chi connectivity index (χ3v) is 3.25. The Labute approximate surface area is 115 Å². The first-order valence-electron chi connectivity index (χ1n) is 6.64. The van der Waals surface area contributed by atoms with Crippen LogP contribution in [0.4, 0.5) is 0 Å². The number of benzene rings is 1. The summed E-state index contributed by atoms with van der Waals surface area (Å²) < 4.78 is 5.11. The quantitative estimate of drug-likeness (QED) is 0.829. The van der Waals surface area contributed by atoms with Crippen LogP contribution in [-0.2, 0) is 4.79 Å². The Hall–Kier alpha value is -1.55. The lowest BCUT2D eigenvalue weighted by Crippen LogP contribution is -2.51. The lowest BCUT2D eigenvalue weighted by molar-refractivity contribution is -0.126. The number of carbonyl (C=O) groups is 1. The number of hydrogen-bond donors (Lipinski definition) is 2. The van der Waals surface area contributed by atoms with Crippen molar-refractivity contribution in [1.82, 2.24) is 5.32 Å². The van der Waals surface area contributed by atoms with E-state index in [1.807, 2.05) is 38.1 Å². The zero-order valence-electron chi connectivity index (χ0n) is 12.2. The van der Waals surface area contributed by atoms with Gasteiger partial charge in [0.15, 0.2) is 0 Å². The summed E-state index contributed by atoms with van der Waals surface area (Å²) in [5, 5.41) is 2.95. The molecule has 0 aromatic heterocycles. The second kappa shape index (κ2) is 6.57. The fraction of sp³-hybridized carbons (Fsp3) is 0.533. The number of carbonyl (C=O) groups excluding carboxylic acids is 1. The average molecular weight is 264 g/mol. The third kappa shape index (κ3) is 4.24. The maximum absolute atomic E-state index is 12.1. The Morgan fingerprint density at radius 2 is 2.00 bits per heavy atom. The third-order valence-electron chi connectivity index (χ3n) is 3.25.